The van der Waals surface area contributed by atoms with Crippen molar-refractivity contribution in [3.05, 3.63) is 82.3 Å². The molecule has 8 heteroatoms. The fourth-order valence-corrected chi connectivity index (χ4v) is 5.41. The second-order valence-corrected chi connectivity index (χ2v) is 10.8. The number of carbonyl (C=O) groups excluding carboxylic acids is 4. The Labute approximate surface area is 232 Å². The van der Waals surface area contributed by atoms with Crippen LogP contribution in [-0.2, 0) is 32.1 Å². The molecule has 2 aliphatic rings. The molecule has 0 unspecified atom stereocenters. The molecule has 1 aliphatic carbocycles. The normalized spacial score (nSPS) is 19.3. The maximum Gasteiger partial charge on any atom is 0.243 e. The van der Waals surface area contributed by atoms with Gasteiger partial charge >= 0.3 is 0 Å². The number of likely N-dealkylation sites (tertiary alicyclic amines) is 1. The first-order valence-corrected chi connectivity index (χ1v) is 14.0. The van der Waals surface area contributed by atoms with E-state index in [4.69, 9.17) is 0 Å². The molecule has 200 valence electrons. The van der Waals surface area contributed by atoms with Gasteiger partial charge in [0.05, 0.1) is 11.8 Å². The number of hydrogen-bond acceptors (Lipinski definition) is 4. The molecule has 0 radical (unpaired) electrons. The lowest BCUT2D eigenvalue weighted by molar-refractivity contribution is -0.144. The molecule has 1 N–H and O–H groups in total. The van der Waals surface area contributed by atoms with Gasteiger partial charge in [-0.15, -0.1) is 0 Å². The van der Waals surface area contributed by atoms with E-state index in [2.05, 4.69) is 21.2 Å². The smallest absolute Gasteiger partial charge is 0.243 e. The lowest BCUT2D eigenvalue weighted by atomic mass is 9.85. The van der Waals surface area contributed by atoms with E-state index in [0.717, 1.165) is 22.0 Å². The Kier molecular flexibility index (Phi) is 9.50. The van der Waals surface area contributed by atoms with Crippen molar-refractivity contribution in [3.8, 4) is 0 Å². The molecule has 1 fully saturated rings. The van der Waals surface area contributed by atoms with Crippen molar-refractivity contribution >= 4 is 39.6 Å². The summed E-state index contributed by atoms with van der Waals surface area (Å²) in [6, 6.07) is 16.5. The van der Waals surface area contributed by atoms with Gasteiger partial charge in [-0.3, -0.25) is 24.1 Å². The van der Waals surface area contributed by atoms with Crippen molar-refractivity contribution < 1.29 is 19.2 Å². The summed E-state index contributed by atoms with van der Waals surface area (Å²) in [4.78, 5) is 55.9. The predicted molar refractivity (Wildman–Crippen MR) is 149 cm³/mol. The van der Waals surface area contributed by atoms with Gasteiger partial charge in [0.25, 0.3) is 0 Å². The molecule has 1 heterocycles. The highest BCUT2D eigenvalue weighted by Crippen LogP contribution is 2.35. The van der Waals surface area contributed by atoms with Gasteiger partial charge in [0.2, 0.25) is 23.6 Å². The van der Waals surface area contributed by atoms with Crippen LogP contribution in [0.15, 0.2) is 71.2 Å². The molecule has 2 aromatic rings. The maximum absolute atomic E-state index is 13.8. The van der Waals surface area contributed by atoms with Crippen molar-refractivity contribution in [2.45, 2.75) is 51.6 Å². The monoisotopic (exact) mass is 579 g/mol. The molecule has 3 atom stereocenters. The number of nitrogens with one attached hydrogen (secondary N) is 1. The number of rotatable bonds is 11. The first-order valence-electron chi connectivity index (χ1n) is 13.2. The molecule has 0 saturated carbocycles. The Morgan fingerprint density at radius 3 is 2.21 bits per heavy atom. The fraction of sp³-hybridized carbons (Fsp3) is 0.400. The highest BCUT2D eigenvalue weighted by Gasteiger charge is 2.47. The SMILES string of the molecule is CCCNC(=O)[C@H](Cc1ccccc1)N(Cc1ccc(Br)cc1)C(=O)CCN1C(=O)[C@H]2CC=CC[C@H]2C1=O. The summed E-state index contributed by atoms with van der Waals surface area (Å²) in [6.45, 7) is 2.75. The predicted octanol–water partition coefficient (Wildman–Crippen LogP) is 4.26. The fourth-order valence-electron chi connectivity index (χ4n) is 5.15. The highest BCUT2D eigenvalue weighted by molar-refractivity contribution is 9.10. The zero-order chi connectivity index (χ0) is 27.1. The van der Waals surface area contributed by atoms with Crippen LogP contribution < -0.4 is 5.32 Å². The van der Waals surface area contributed by atoms with E-state index in [1.165, 1.54) is 4.90 Å². The summed E-state index contributed by atoms with van der Waals surface area (Å²) < 4.78 is 0.919. The average Bonchev–Trinajstić information content (AvgIpc) is 3.18. The second kappa shape index (κ2) is 13.0. The molecule has 1 aliphatic heterocycles. The number of fused-ring (bicyclic) bond motifs is 1. The van der Waals surface area contributed by atoms with Crippen LogP contribution in [0.5, 0.6) is 0 Å². The number of benzene rings is 2. The maximum atomic E-state index is 13.8. The molecule has 7 nitrogen and oxygen atoms in total. The van der Waals surface area contributed by atoms with Crippen molar-refractivity contribution in [3.63, 3.8) is 0 Å². The van der Waals surface area contributed by atoms with E-state index >= 15 is 0 Å². The first-order chi connectivity index (χ1) is 18.4. The van der Waals surface area contributed by atoms with Gasteiger partial charge in [0.15, 0.2) is 0 Å². The first kappa shape index (κ1) is 27.8. The minimum absolute atomic E-state index is 0.0228. The quantitative estimate of drug-likeness (QED) is 0.318. The Bertz CT molecular complexity index is 1160. The zero-order valence-corrected chi connectivity index (χ0v) is 23.2. The Morgan fingerprint density at radius 1 is 0.974 bits per heavy atom. The van der Waals surface area contributed by atoms with Crippen molar-refractivity contribution in [1.29, 1.82) is 0 Å². The van der Waals surface area contributed by atoms with E-state index in [1.807, 2.05) is 73.7 Å². The summed E-state index contributed by atoms with van der Waals surface area (Å²) in [5.41, 5.74) is 1.83. The van der Waals surface area contributed by atoms with Crippen molar-refractivity contribution in [1.82, 2.24) is 15.1 Å². The molecule has 1 saturated heterocycles. The Hall–Kier alpha value is -3.26. The molecule has 4 amide bonds. The van der Waals surface area contributed by atoms with Crippen LogP contribution in [0.25, 0.3) is 0 Å². The van der Waals surface area contributed by atoms with Gasteiger partial charge in [-0.2, -0.15) is 0 Å². The van der Waals surface area contributed by atoms with E-state index in [0.29, 0.717) is 25.8 Å². The number of halogens is 1. The van der Waals surface area contributed by atoms with Gasteiger partial charge in [-0.1, -0.05) is 77.5 Å². The van der Waals surface area contributed by atoms with Crippen LogP contribution in [0.2, 0.25) is 0 Å². The van der Waals surface area contributed by atoms with Crippen LogP contribution in [0.4, 0.5) is 0 Å². The lowest BCUT2D eigenvalue weighted by Crippen LogP contribution is -2.51. The minimum Gasteiger partial charge on any atom is -0.354 e. The standard InChI is InChI=1S/C30H34BrN3O4/c1-2-17-32-28(36)26(19-21-8-4-3-5-9-21)34(20-22-12-14-23(31)15-13-22)27(35)16-18-33-29(37)24-10-6-7-11-25(24)30(33)38/h3-9,12-15,24-26H,2,10-11,16-20H2,1H3,(H,32,36)/t24-,25+,26-/m0/s1. The van der Waals surface area contributed by atoms with Crippen LogP contribution in [-0.4, -0.2) is 52.6 Å². The number of nitrogens with zero attached hydrogens (tertiary/aromatic N) is 2. The summed E-state index contributed by atoms with van der Waals surface area (Å²) in [5.74, 6) is -1.53. The zero-order valence-electron chi connectivity index (χ0n) is 21.6. The van der Waals surface area contributed by atoms with E-state index < -0.39 is 6.04 Å². The van der Waals surface area contributed by atoms with Crippen molar-refractivity contribution in [2.24, 2.45) is 11.8 Å². The van der Waals surface area contributed by atoms with E-state index in [1.54, 1.807) is 4.90 Å². The topological polar surface area (TPSA) is 86.8 Å². The second-order valence-electron chi connectivity index (χ2n) is 9.88. The number of amides is 4. The molecule has 0 aromatic heterocycles. The minimum atomic E-state index is -0.739. The van der Waals surface area contributed by atoms with Crippen LogP contribution in [0.3, 0.4) is 0 Å². The third-order valence-corrected chi connectivity index (χ3v) is 7.76. The van der Waals surface area contributed by atoms with Crippen molar-refractivity contribution in [2.75, 3.05) is 13.1 Å². The van der Waals surface area contributed by atoms with Crippen LogP contribution in [0.1, 0.15) is 43.7 Å². The molecule has 38 heavy (non-hydrogen) atoms. The number of carbonyl (C=O) groups is 4. The largest absolute Gasteiger partial charge is 0.354 e. The van der Waals surface area contributed by atoms with Crippen LogP contribution >= 0.6 is 15.9 Å². The summed E-state index contributed by atoms with van der Waals surface area (Å²) in [7, 11) is 0. The molecule has 0 bridgehead atoms. The van der Waals surface area contributed by atoms with E-state index in [9.17, 15) is 19.2 Å². The Morgan fingerprint density at radius 2 is 1.61 bits per heavy atom. The third-order valence-electron chi connectivity index (χ3n) is 7.23. The average molecular weight is 581 g/mol. The molecule has 4 rings (SSSR count). The van der Waals surface area contributed by atoms with Gasteiger partial charge in [0, 0.05) is 36.9 Å². The van der Waals surface area contributed by atoms with Gasteiger partial charge < -0.3 is 10.2 Å². The summed E-state index contributed by atoms with van der Waals surface area (Å²) >= 11 is 3.45. The van der Waals surface area contributed by atoms with E-state index in [-0.39, 0.29) is 55.0 Å². The van der Waals surface area contributed by atoms with Gasteiger partial charge in [-0.25, -0.2) is 0 Å². The number of imide groups is 1. The number of allylic oxidation sites excluding steroid dienone is 2. The molecular formula is C30H34BrN3O4. The number of hydrogen-bond donors (Lipinski definition) is 1. The van der Waals surface area contributed by atoms with Gasteiger partial charge in [0.1, 0.15) is 6.04 Å². The lowest BCUT2D eigenvalue weighted by Gasteiger charge is -2.32. The third kappa shape index (κ3) is 6.59. The molecular weight excluding hydrogens is 546 g/mol. The molecule has 2 aromatic carbocycles. The van der Waals surface area contributed by atoms with Crippen LogP contribution in [0, 0.1) is 11.8 Å². The Balaban J connectivity index is 1.57. The van der Waals surface area contributed by atoms with Gasteiger partial charge in [-0.05, 0) is 42.5 Å². The molecule has 0 spiro atoms. The highest BCUT2D eigenvalue weighted by atomic mass is 79.9. The summed E-state index contributed by atoms with van der Waals surface area (Å²) in [5, 5.41) is 2.96. The summed E-state index contributed by atoms with van der Waals surface area (Å²) in [6.07, 6.45) is 6.12.